The van der Waals surface area contributed by atoms with E-state index in [1.54, 1.807) is 0 Å². The summed E-state index contributed by atoms with van der Waals surface area (Å²) < 4.78 is 8.88. The van der Waals surface area contributed by atoms with Crippen LogP contribution in [0.1, 0.15) is 0 Å². The average Bonchev–Trinajstić information content (AvgIpc) is 0.722. The van der Waals surface area contributed by atoms with Crippen molar-refractivity contribution >= 4 is 7.82 Å². The van der Waals surface area contributed by atoms with Crippen molar-refractivity contribution < 1.29 is 59.4 Å². The zero-order valence-corrected chi connectivity index (χ0v) is 6.96. The predicted molar refractivity (Wildman–Crippen MR) is 17.9 cm³/mol. The van der Waals surface area contributed by atoms with Crippen LogP contribution in [0, 0.1) is 0 Å². The second-order valence-electron chi connectivity index (χ2n) is 0.513. The quantitative estimate of drug-likeness (QED) is 0.420. The topological polar surface area (TPSA) is 109 Å². The van der Waals surface area contributed by atoms with Gasteiger partial charge in [0.1, 0.15) is 0 Å². The molecule has 0 aliphatic carbocycles. The fourth-order valence-corrected chi connectivity index (χ4v) is 0. The summed E-state index contributed by atoms with van der Waals surface area (Å²) in [5.41, 5.74) is 0. The van der Waals surface area contributed by atoms with E-state index >= 15 is 0 Å². The molecule has 0 rings (SSSR count). The molecule has 0 aliphatic rings. The van der Waals surface area contributed by atoms with Crippen LogP contribution in [0.25, 0.3) is 0 Å². The standard InChI is InChI=1S/2Cr.H3O4P.H2O/c;;1-5(2,3)4;/h;;(H3,1,2,3,4);1H2. The Morgan fingerprint density at radius 1 is 1.00 bits per heavy atom. The molecule has 0 aromatic rings. The van der Waals surface area contributed by atoms with Crippen molar-refractivity contribution in [3.05, 3.63) is 0 Å². The van der Waals surface area contributed by atoms with E-state index in [1.165, 1.54) is 0 Å². The summed E-state index contributed by atoms with van der Waals surface area (Å²) in [7, 11) is -4.64. The smallest absolute Gasteiger partial charge is 0.412 e. The maximum atomic E-state index is 8.88. The van der Waals surface area contributed by atoms with Gasteiger partial charge >= 0.3 is 7.82 Å². The Bertz CT molecular complexity index is 56.6. The molecular formula is H5Cr2O5P. The zero-order valence-electron chi connectivity index (χ0n) is 3.51. The van der Waals surface area contributed by atoms with E-state index in [0.717, 1.165) is 0 Å². The fraction of sp³-hybridized carbons (Fsp3) is 0. The summed E-state index contributed by atoms with van der Waals surface area (Å²) >= 11 is 0. The van der Waals surface area contributed by atoms with Gasteiger partial charge in [-0.2, -0.15) is 0 Å². The van der Waals surface area contributed by atoms with Crippen LogP contribution in [0.15, 0.2) is 0 Å². The molecule has 0 aromatic heterocycles. The van der Waals surface area contributed by atoms with Crippen molar-refractivity contribution in [2.75, 3.05) is 0 Å². The van der Waals surface area contributed by atoms with Gasteiger partial charge in [-0.3, -0.25) is 0 Å². The molecule has 0 heterocycles. The Morgan fingerprint density at radius 2 is 1.00 bits per heavy atom. The van der Waals surface area contributed by atoms with Crippen molar-refractivity contribution in [2.24, 2.45) is 0 Å². The normalized spacial score (nSPS) is 7.38. The van der Waals surface area contributed by atoms with Gasteiger partial charge in [0.25, 0.3) is 0 Å². The second-order valence-corrected chi connectivity index (χ2v) is 1.54. The first kappa shape index (κ1) is 22.9. The van der Waals surface area contributed by atoms with Crippen LogP contribution in [0.5, 0.6) is 0 Å². The fourth-order valence-electron chi connectivity index (χ4n) is 0. The van der Waals surface area contributed by atoms with Crippen molar-refractivity contribution in [1.29, 1.82) is 0 Å². The number of rotatable bonds is 0. The van der Waals surface area contributed by atoms with Crippen LogP contribution >= 0.6 is 7.82 Å². The van der Waals surface area contributed by atoms with Crippen LogP contribution in [-0.2, 0) is 39.3 Å². The first-order chi connectivity index (χ1) is 2.00. The first-order valence-corrected chi connectivity index (χ1v) is 2.35. The van der Waals surface area contributed by atoms with Crippen LogP contribution in [0.3, 0.4) is 0 Å². The Morgan fingerprint density at radius 3 is 1.00 bits per heavy atom. The SMILES string of the molecule is O.O=P(O)(O)O.[Cr].[Cr]. The largest absolute Gasteiger partial charge is 0.466 e. The summed E-state index contributed by atoms with van der Waals surface area (Å²) in [5, 5.41) is 0. The Balaban J connectivity index is -0.0000000267. The molecule has 0 aliphatic heterocycles. The Hall–Kier alpha value is 1.13. The molecule has 0 unspecified atom stereocenters. The van der Waals surface area contributed by atoms with E-state index < -0.39 is 7.82 Å². The van der Waals surface area contributed by atoms with Crippen molar-refractivity contribution in [3.8, 4) is 0 Å². The van der Waals surface area contributed by atoms with Gasteiger partial charge in [0, 0.05) is 34.7 Å². The molecule has 8 heteroatoms. The third-order valence-electron chi connectivity index (χ3n) is 0. The Kier molecular flexibility index (Phi) is 23.3. The monoisotopic (exact) mass is 220 g/mol. The van der Waals surface area contributed by atoms with Gasteiger partial charge in [-0.25, -0.2) is 4.57 Å². The molecule has 52 valence electrons. The number of hydrogen-bond acceptors (Lipinski definition) is 1. The molecule has 0 amide bonds. The van der Waals surface area contributed by atoms with Gasteiger partial charge in [0.2, 0.25) is 0 Å². The molecule has 0 bridgehead atoms. The summed E-state index contributed by atoms with van der Waals surface area (Å²) in [6.07, 6.45) is 0. The molecule has 0 fully saturated rings. The van der Waals surface area contributed by atoms with Crippen molar-refractivity contribution in [3.63, 3.8) is 0 Å². The summed E-state index contributed by atoms with van der Waals surface area (Å²) in [6, 6.07) is 0. The van der Waals surface area contributed by atoms with E-state index in [-0.39, 0.29) is 40.2 Å². The van der Waals surface area contributed by atoms with Crippen molar-refractivity contribution in [1.82, 2.24) is 0 Å². The third-order valence-corrected chi connectivity index (χ3v) is 0. The maximum absolute atomic E-state index is 8.88. The first-order valence-electron chi connectivity index (χ1n) is 0.783. The maximum Gasteiger partial charge on any atom is 0.466 e. The van der Waals surface area contributed by atoms with Gasteiger partial charge in [-0.15, -0.1) is 0 Å². The molecular weight excluding hydrogens is 215 g/mol. The predicted octanol–water partition coefficient (Wildman–Crippen LogP) is -1.76. The number of hydrogen-bond donors (Lipinski definition) is 3. The summed E-state index contributed by atoms with van der Waals surface area (Å²) in [5.74, 6) is 0. The van der Waals surface area contributed by atoms with Gasteiger partial charge < -0.3 is 20.2 Å². The van der Waals surface area contributed by atoms with E-state index in [2.05, 4.69) is 0 Å². The summed E-state index contributed by atoms with van der Waals surface area (Å²) in [4.78, 5) is 21.6. The Labute approximate surface area is 67.5 Å². The minimum Gasteiger partial charge on any atom is -0.412 e. The van der Waals surface area contributed by atoms with Gasteiger partial charge in [-0.05, 0) is 0 Å². The van der Waals surface area contributed by atoms with Crippen LogP contribution in [-0.4, -0.2) is 20.2 Å². The molecule has 0 saturated carbocycles. The molecule has 0 radical (unpaired) electrons. The molecule has 5 nitrogen and oxygen atoms in total. The third kappa shape index (κ3) is 208. The van der Waals surface area contributed by atoms with Crippen LogP contribution in [0.4, 0.5) is 0 Å². The molecule has 0 spiro atoms. The van der Waals surface area contributed by atoms with Gasteiger partial charge in [0.05, 0.1) is 0 Å². The second kappa shape index (κ2) is 8.13. The molecule has 8 heavy (non-hydrogen) atoms. The van der Waals surface area contributed by atoms with Gasteiger partial charge in [0.15, 0.2) is 0 Å². The molecule has 0 aromatic carbocycles. The number of phosphoric acid groups is 1. The molecule has 5 N–H and O–H groups in total. The van der Waals surface area contributed by atoms with Crippen molar-refractivity contribution in [2.45, 2.75) is 0 Å². The van der Waals surface area contributed by atoms with E-state index in [4.69, 9.17) is 19.2 Å². The van der Waals surface area contributed by atoms with Crippen LogP contribution < -0.4 is 0 Å². The molecule has 0 saturated heterocycles. The minimum absolute atomic E-state index is 0. The van der Waals surface area contributed by atoms with E-state index in [1.807, 2.05) is 0 Å². The average molecular weight is 220 g/mol. The van der Waals surface area contributed by atoms with E-state index in [9.17, 15) is 0 Å². The summed E-state index contributed by atoms with van der Waals surface area (Å²) in [6.45, 7) is 0. The van der Waals surface area contributed by atoms with Gasteiger partial charge in [-0.1, -0.05) is 0 Å². The van der Waals surface area contributed by atoms with E-state index in [0.29, 0.717) is 0 Å². The van der Waals surface area contributed by atoms with Crippen LogP contribution in [0.2, 0.25) is 0 Å². The molecule has 0 atom stereocenters. The minimum atomic E-state index is -4.64. The zero-order chi connectivity index (χ0) is 4.50.